The summed E-state index contributed by atoms with van der Waals surface area (Å²) in [6.45, 7) is 0.212. The van der Waals surface area contributed by atoms with E-state index in [1.54, 1.807) is 12.1 Å². The summed E-state index contributed by atoms with van der Waals surface area (Å²) in [4.78, 5) is 0. The minimum atomic E-state index is -0.851. The summed E-state index contributed by atoms with van der Waals surface area (Å²) < 4.78 is 25.7. The third-order valence-electron chi connectivity index (χ3n) is 3.14. The Kier molecular flexibility index (Phi) is 4.24. The van der Waals surface area contributed by atoms with Crippen molar-refractivity contribution in [1.29, 1.82) is 0 Å². The van der Waals surface area contributed by atoms with Gasteiger partial charge in [0.1, 0.15) is 11.6 Å². The number of rotatable bonds is 4. The number of aliphatic hydroxyl groups excluding tert-OH is 1. The van der Waals surface area contributed by atoms with Crippen LogP contribution in [-0.4, -0.2) is 11.7 Å². The van der Waals surface area contributed by atoms with Crippen molar-refractivity contribution in [3.05, 3.63) is 71.3 Å². The Balaban J connectivity index is 2.26. The molecular weight excluding hydrogens is 248 g/mol. The van der Waals surface area contributed by atoms with E-state index in [4.69, 9.17) is 5.73 Å². The lowest BCUT2D eigenvalue weighted by Gasteiger charge is -2.22. The van der Waals surface area contributed by atoms with Crippen molar-refractivity contribution in [3.8, 4) is 0 Å². The van der Waals surface area contributed by atoms with E-state index in [1.165, 1.54) is 36.4 Å². The number of benzene rings is 2. The van der Waals surface area contributed by atoms with Gasteiger partial charge in [-0.05, 0) is 35.4 Å². The first-order chi connectivity index (χ1) is 9.11. The normalized spacial score (nSPS) is 14.1. The van der Waals surface area contributed by atoms with Crippen LogP contribution in [0.25, 0.3) is 0 Å². The zero-order chi connectivity index (χ0) is 13.8. The number of nitrogens with two attached hydrogens (primary N) is 1. The first kappa shape index (κ1) is 13.6. The molecule has 0 spiro atoms. The zero-order valence-electron chi connectivity index (χ0n) is 10.3. The van der Waals surface area contributed by atoms with Crippen LogP contribution in [0.3, 0.4) is 0 Å². The largest absolute Gasteiger partial charge is 0.388 e. The van der Waals surface area contributed by atoms with E-state index in [0.717, 1.165) is 5.56 Å². The predicted octanol–water partition coefficient (Wildman–Crippen LogP) is 2.74. The summed E-state index contributed by atoms with van der Waals surface area (Å²) in [6, 6.07) is 11.5. The summed E-state index contributed by atoms with van der Waals surface area (Å²) in [5, 5.41) is 10.3. The molecule has 0 heterocycles. The Morgan fingerprint density at radius 3 is 1.68 bits per heavy atom. The monoisotopic (exact) mass is 263 g/mol. The summed E-state index contributed by atoms with van der Waals surface area (Å²) in [6.07, 6.45) is -0.851. The molecule has 2 aromatic rings. The molecular formula is C15H15F2NO. The maximum Gasteiger partial charge on any atom is 0.123 e. The summed E-state index contributed by atoms with van der Waals surface area (Å²) in [7, 11) is 0. The summed E-state index contributed by atoms with van der Waals surface area (Å²) in [5.74, 6) is -1.05. The van der Waals surface area contributed by atoms with E-state index in [9.17, 15) is 13.9 Å². The minimum Gasteiger partial charge on any atom is -0.388 e. The fourth-order valence-corrected chi connectivity index (χ4v) is 2.05. The smallest absolute Gasteiger partial charge is 0.123 e. The van der Waals surface area contributed by atoms with Crippen LogP contribution in [0.2, 0.25) is 0 Å². The SMILES string of the molecule is NCC(c1ccc(F)cc1)C(O)c1ccc(F)cc1. The average molecular weight is 263 g/mol. The Hall–Kier alpha value is -1.78. The van der Waals surface area contributed by atoms with Gasteiger partial charge in [-0.1, -0.05) is 24.3 Å². The van der Waals surface area contributed by atoms with Gasteiger partial charge < -0.3 is 10.8 Å². The lowest BCUT2D eigenvalue weighted by atomic mass is 9.89. The molecule has 100 valence electrons. The van der Waals surface area contributed by atoms with E-state index in [0.29, 0.717) is 5.56 Å². The van der Waals surface area contributed by atoms with E-state index in [1.807, 2.05) is 0 Å². The zero-order valence-corrected chi connectivity index (χ0v) is 10.3. The maximum absolute atomic E-state index is 12.9. The van der Waals surface area contributed by atoms with Crippen LogP contribution in [-0.2, 0) is 0 Å². The van der Waals surface area contributed by atoms with Crippen LogP contribution in [0.4, 0.5) is 8.78 Å². The van der Waals surface area contributed by atoms with Crippen molar-refractivity contribution in [2.24, 2.45) is 5.73 Å². The van der Waals surface area contributed by atoms with Gasteiger partial charge in [0, 0.05) is 12.5 Å². The standard InChI is InChI=1S/C15H15F2NO/c16-12-5-1-10(2-6-12)14(9-18)15(19)11-3-7-13(17)8-4-11/h1-8,14-15,19H,9,18H2. The lowest BCUT2D eigenvalue weighted by molar-refractivity contribution is 0.147. The van der Waals surface area contributed by atoms with Gasteiger partial charge in [-0.25, -0.2) is 8.78 Å². The molecule has 0 saturated carbocycles. The van der Waals surface area contributed by atoms with E-state index in [-0.39, 0.29) is 24.1 Å². The second kappa shape index (κ2) is 5.91. The minimum absolute atomic E-state index is 0.212. The summed E-state index contributed by atoms with van der Waals surface area (Å²) >= 11 is 0. The Labute approximate surface area is 110 Å². The maximum atomic E-state index is 12.9. The van der Waals surface area contributed by atoms with Crippen LogP contribution >= 0.6 is 0 Å². The van der Waals surface area contributed by atoms with Crippen LogP contribution in [0.5, 0.6) is 0 Å². The highest BCUT2D eigenvalue weighted by Crippen LogP contribution is 2.30. The van der Waals surface area contributed by atoms with Gasteiger partial charge in [0.15, 0.2) is 0 Å². The molecule has 0 aromatic heterocycles. The Morgan fingerprint density at radius 1 is 0.842 bits per heavy atom. The van der Waals surface area contributed by atoms with Gasteiger partial charge in [-0.15, -0.1) is 0 Å². The predicted molar refractivity (Wildman–Crippen MR) is 69.6 cm³/mol. The second-order valence-corrected chi connectivity index (χ2v) is 4.39. The molecule has 0 amide bonds. The van der Waals surface area contributed by atoms with E-state index in [2.05, 4.69) is 0 Å². The fourth-order valence-electron chi connectivity index (χ4n) is 2.05. The number of halogens is 2. The highest BCUT2D eigenvalue weighted by Gasteiger charge is 2.21. The van der Waals surface area contributed by atoms with Crippen molar-refractivity contribution in [2.75, 3.05) is 6.54 Å². The molecule has 0 aliphatic heterocycles. The molecule has 2 atom stereocenters. The van der Waals surface area contributed by atoms with Crippen molar-refractivity contribution < 1.29 is 13.9 Å². The van der Waals surface area contributed by atoms with Crippen LogP contribution < -0.4 is 5.73 Å². The van der Waals surface area contributed by atoms with Gasteiger partial charge in [-0.2, -0.15) is 0 Å². The van der Waals surface area contributed by atoms with Gasteiger partial charge in [0.25, 0.3) is 0 Å². The third kappa shape index (κ3) is 3.16. The molecule has 0 fully saturated rings. The van der Waals surface area contributed by atoms with Crippen LogP contribution in [0, 0.1) is 11.6 Å². The highest BCUT2D eigenvalue weighted by molar-refractivity contribution is 5.27. The van der Waals surface area contributed by atoms with Gasteiger partial charge >= 0.3 is 0 Å². The quantitative estimate of drug-likeness (QED) is 0.891. The molecule has 0 radical (unpaired) electrons. The Morgan fingerprint density at radius 2 is 1.26 bits per heavy atom. The molecule has 0 aliphatic carbocycles. The molecule has 2 unspecified atom stereocenters. The van der Waals surface area contributed by atoms with Gasteiger partial charge in [0.05, 0.1) is 6.10 Å². The number of aliphatic hydroxyl groups is 1. The van der Waals surface area contributed by atoms with Gasteiger partial charge in [-0.3, -0.25) is 0 Å². The van der Waals surface area contributed by atoms with E-state index < -0.39 is 6.10 Å². The van der Waals surface area contributed by atoms with E-state index >= 15 is 0 Å². The molecule has 0 saturated heterocycles. The molecule has 2 nitrogen and oxygen atoms in total. The number of hydrogen-bond donors (Lipinski definition) is 2. The molecule has 0 aliphatic rings. The van der Waals surface area contributed by atoms with Crippen molar-refractivity contribution in [2.45, 2.75) is 12.0 Å². The number of hydrogen-bond acceptors (Lipinski definition) is 2. The lowest BCUT2D eigenvalue weighted by Crippen LogP contribution is -2.20. The highest BCUT2D eigenvalue weighted by atomic mass is 19.1. The average Bonchev–Trinajstić information content (AvgIpc) is 2.42. The molecule has 2 aromatic carbocycles. The third-order valence-corrected chi connectivity index (χ3v) is 3.14. The first-order valence-electron chi connectivity index (χ1n) is 6.01. The van der Waals surface area contributed by atoms with Crippen molar-refractivity contribution >= 4 is 0 Å². The molecule has 0 bridgehead atoms. The molecule has 19 heavy (non-hydrogen) atoms. The first-order valence-corrected chi connectivity index (χ1v) is 6.01. The van der Waals surface area contributed by atoms with Crippen molar-refractivity contribution in [3.63, 3.8) is 0 Å². The van der Waals surface area contributed by atoms with Gasteiger partial charge in [0.2, 0.25) is 0 Å². The Bertz CT molecular complexity index is 525. The topological polar surface area (TPSA) is 46.2 Å². The van der Waals surface area contributed by atoms with Crippen LogP contribution in [0.1, 0.15) is 23.1 Å². The van der Waals surface area contributed by atoms with Crippen molar-refractivity contribution in [1.82, 2.24) is 0 Å². The fraction of sp³-hybridized carbons (Fsp3) is 0.200. The summed E-state index contributed by atoms with van der Waals surface area (Å²) in [5.41, 5.74) is 7.02. The van der Waals surface area contributed by atoms with Crippen LogP contribution in [0.15, 0.2) is 48.5 Å². The second-order valence-electron chi connectivity index (χ2n) is 4.39. The molecule has 4 heteroatoms. The molecule has 3 N–H and O–H groups in total. The molecule has 2 rings (SSSR count).